The fraction of sp³-hybridized carbons (Fsp3) is 1.00. The van der Waals surface area contributed by atoms with Crippen molar-refractivity contribution in [2.45, 2.75) is 39.0 Å². The maximum Gasteiger partial charge on any atom is 0.169 e. The Morgan fingerprint density at radius 3 is 2.38 bits per heavy atom. The van der Waals surface area contributed by atoms with Gasteiger partial charge < -0.3 is 19.7 Å². The number of hydrogen-bond acceptors (Lipinski definition) is 4. The quantitative estimate of drug-likeness (QED) is 0.449. The first-order chi connectivity index (χ1) is 7.77. The molecular weight excluding hydrogens is 204 g/mol. The molecule has 0 amide bonds. The van der Waals surface area contributed by atoms with Crippen molar-refractivity contribution >= 4 is 0 Å². The highest BCUT2D eigenvalue weighted by molar-refractivity contribution is 4.82. The Bertz CT molecular complexity index is 168. The van der Waals surface area contributed by atoms with Crippen molar-refractivity contribution in [2.75, 3.05) is 39.9 Å². The van der Waals surface area contributed by atoms with Crippen LogP contribution < -0.4 is 5.32 Å². The van der Waals surface area contributed by atoms with Gasteiger partial charge in [0.05, 0.1) is 0 Å². The second kappa shape index (κ2) is 8.01. The molecule has 0 unspecified atom stereocenters. The molecular formula is C12H26N2O2. The van der Waals surface area contributed by atoms with Crippen LogP contribution in [0.4, 0.5) is 0 Å². The minimum Gasteiger partial charge on any atom is -0.352 e. The third kappa shape index (κ3) is 5.80. The van der Waals surface area contributed by atoms with Gasteiger partial charge >= 0.3 is 0 Å². The summed E-state index contributed by atoms with van der Waals surface area (Å²) in [6.45, 7) is 8.28. The monoisotopic (exact) mass is 230 g/mol. The molecule has 1 aliphatic carbocycles. The summed E-state index contributed by atoms with van der Waals surface area (Å²) in [5.41, 5.74) is 0. The summed E-state index contributed by atoms with van der Waals surface area (Å²) in [5, 5.41) is 3.38. The lowest BCUT2D eigenvalue weighted by Crippen LogP contribution is -2.36. The first kappa shape index (κ1) is 13.9. The van der Waals surface area contributed by atoms with E-state index in [9.17, 15) is 0 Å². The summed E-state index contributed by atoms with van der Waals surface area (Å²) >= 11 is 0. The van der Waals surface area contributed by atoms with Crippen LogP contribution in [0.15, 0.2) is 0 Å². The van der Waals surface area contributed by atoms with E-state index in [1.54, 1.807) is 0 Å². The number of nitrogens with one attached hydrogen (secondary N) is 1. The molecule has 0 aromatic carbocycles. The van der Waals surface area contributed by atoms with E-state index in [1.807, 2.05) is 13.8 Å². The lowest BCUT2D eigenvalue weighted by molar-refractivity contribution is -0.132. The molecule has 1 rings (SSSR count). The second-order valence-corrected chi connectivity index (χ2v) is 4.26. The molecule has 4 heteroatoms. The van der Waals surface area contributed by atoms with Crippen molar-refractivity contribution in [3.63, 3.8) is 0 Å². The van der Waals surface area contributed by atoms with Crippen LogP contribution in [-0.2, 0) is 9.47 Å². The average molecular weight is 230 g/mol. The molecule has 0 aromatic rings. The van der Waals surface area contributed by atoms with Gasteiger partial charge in [0.15, 0.2) is 6.29 Å². The van der Waals surface area contributed by atoms with Crippen LogP contribution in [0, 0.1) is 0 Å². The van der Waals surface area contributed by atoms with Crippen molar-refractivity contribution in [3.8, 4) is 0 Å². The Hall–Kier alpha value is -0.160. The van der Waals surface area contributed by atoms with Gasteiger partial charge in [-0.15, -0.1) is 0 Å². The number of rotatable bonds is 10. The van der Waals surface area contributed by atoms with Gasteiger partial charge in [0, 0.05) is 38.9 Å². The Morgan fingerprint density at radius 1 is 1.25 bits per heavy atom. The Kier molecular flexibility index (Phi) is 6.96. The van der Waals surface area contributed by atoms with Gasteiger partial charge in [-0.2, -0.15) is 0 Å². The highest BCUT2D eigenvalue weighted by Crippen LogP contribution is 2.24. The molecule has 1 fully saturated rings. The van der Waals surface area contributed by atoms with Gasteiger partial charge in [-0.05, 0) is 33.7 Å². The van der Waals surface area contributed by atoms with Crippen LogP contribution in [0.25, 0.3) is 0 Å². The minimum absolute atomic E-state index is 0.0961. The van der Waals surface area contributed by atoms with Crippen LogP contribution in [0.5, 0.6) is 0 Å². The van der Waals surface area contributed by atoms with E-state index in [1.165, 1.54) is 12.8 Å². The van der Waals surface area contributed by atoms with Crippen LogP contribution in [-0.4, -0.2) is 57.1 Å². The van der Waals surface area contributed by atoms with Crippen LogP contribution in [0.3, 0.4) is 0 Å². The van der Waals surface area contributed by atoms with Crippen LogP contribution in [0.1, 0.15) is 26.7 Å². The van der Waals surface area contributed by atoms with E-state index in [2.05, 4.69) is 17.3 Å². The highest BCUT2D eigenvalue weighted by Gasteiger charge is 2.25. The SMILES string of the molecule is CCOC(CNCCN(C)C1CC1)OCC. The molecule has 0 spiro atoms. The minimum atomic E-state index is -0.0961. The lowest BCUT2D eigenvalue weighted by Gasteiger charge is -2.19. The smallest absolute Gasteiger partial charge is 0.169 e. The summed E-state index contributed by atoms with van der Waals surface area (Å²) in [6, 6.07) is 0.844. The molecule has 0 aliphatic heterocycles. The third-order valence-electron chi connectivity index (χ3n) is 2.83. The van der Waals surface area contributed by atoms with Gasteiger partial charge in [-0.1, -0.05) is 0 Å². The summed E-state index contributed by atoms with van der Waals surface area (Å²) in [4.78, 5) is 2.42. The van der Waals surface area contributed by atoms with E-state index >= 15 is 0 Å². The highest BCUT2D eigenvalue weighted by atomic mass is 16.7. The Balaban J connectivity index is 1.98. The fourth-order valence-electron chi connectivity index (χ4n) is 1.71. The van der Waals surface area contributed by atoms with Gasteiger partial charge in [0.25, 0.3) is 0 Å². The number of likely N-dealkylation sites (N-methyl/N-ethyl adjacent to an activating group) is 1. The lowest BCUT2D eigenvalue weighted by atomic mass is 10.5. The Labute approximate surface area is 99.3 Å². The number of hydrogen-bond donors (Lipinski definition) is 1. The van der Waals surface area contributed by atoms with Crippen molar-refractivity contribution in [2.24, 2.45) is 0 Å². The normalized spacial score (nSPS) is 16.3. The summed E-state index contributed by atoms with van der Waals surface area (Å²) in [7, 11) is 2.20. The van der Waals surface area contributed by atoms with Crippen LogP contribution in [0.2, 0.25) is 0 Å². The third-order valence-corrected chi connectivity index (χ3v) is 2.83. The molecule has 0 aromatic heterocycles. The molecule has 96 valence electrons. The van der Waals surface area contributed by atoms with Gasteiger partial charge in [-0.25, -0.2) is 0 Å². The zero-order chi connectivity index (χ0) is 11.8. The van der Waals surface area contributed by atoms with Gasteiger partial charge in [0.2, 0.25) is 0 Å². The number of nitrogens with zero attached hydrogens (tertiary/aromatic N) is 1. The Morgan fingerprint density at radius 2 is 1.88 bits per heavy atom. The summed E-state index contributed by atoms with van der Waals surface area (Å²) in [6.07, 6.45) is 2.65. The van der Waals surface area contributed by atoms with Gasteiger partial charge in [0.1, 0.15) is 0 Å². The van der Waals surface area contributed by atoms with Crippen LogP contribution >= 0.6 is 0 Å². The van der Waals surface area contributed by atoms with Crippen molar-refractivity contribution < 1.29 is 9.47 Å². The van der Waals surface area contributed by atoms with E-state index in [0.717, 1.165) is 25.7 Å². The van der Waals surface area contributed by atoms with E-state index in [0.29, 0.717) is 13.2 Å². The first-order valence-electron chi connectivity index (χ1n) is 6.42. The van der Waals surface area contributed by atoms with E-state index < -0.39 is 0 Å². The number of ether oxygens (including phenoxy) is 2. The van der Waals surface area contributed by atoms with Crippen molar-refractivity contribution in [1.29, 1.82) is 0 Å². The molecule has 0 radical (unpaired) electrons. The molecule has 1 aliphatic rings. The van der Waals surface area contributed by atoms with Crippen molar-refractivity contribution in [1.82, 2.24) is 10.2 Å². The van der Waals surface area contributed by atoms with Gasteiger partial charge in [-0.3, -0.25) is 0 Å². The second-order valence-electron chi connectivity index (χ2n) is 4.26. The summed E-state index contributed by atoms with van der Waals surface area (Å²) < 4.78 is 10.9. The molecule has 0 heterocycles. The zero-order valence-corrected chi connectivity index (χ0v) is 10.9. The zero-order valence-electron chi connectivity index (χ0n) is 10.9. The average Bonchev–Trinajstić information content (AvgIpc) is 3.08. The predicted molar refractivity (Wildman–Crippen MR) is 65.6 cm³/mol. The molecule has 0 bridgehead atoms. The maximum absolute atomic E-state index is 5.45. The van der Waals surface area contributed by atoms with E-state index in [4.69, 9.17) is 9.47 Å². The first-order valence-corrected chi connectivity index (χ1v) is 6.42. The molecule has 16 heavy (non-hydrogen) atoms. The molecule has 0 atom stereocenters. The molecule has 1 saturated carbocycles. The predicted octanol–water partition coefficient (Wildman–Crippen LogP) is 1.07. The topological polar surface area (TPSA) is 33.7 Å². The molecule has 1 N–H and O–H groups in total. The van der Waals surface area contributed by atoms with E-state index in [-0.39, 0.29) is 6.29 Å². The molecule has 4 nitrogen and oxygen atoms in total. The fourth-order valence-corrected chi connectivity index (χ4v) is 1.71. The maximum atomic E-state index is 5.45. The summed E-state index contributed by atoms with van der Waals surface area (Å²) in [5.74, 6) is 0. The van der Waals surface area contributed by atoms with Crippen molar-refractivity contribution in [3.05, 3.63) is 0 Å². The standard InChI is InChI=1S/C12H26N2O2/c1-4-15-12(16-5-2)10-13-8-9-14(3)11-6-7-11/h11-13H,4-10H2,1-3H3. The largest absolute Gasteiger partial charge is 0.352 e. The molecule has 0 saturated heterocycles.